The Kier molecular flexibility index (Phi) is 5.05. The summed E-state index contributed by atoms with van der Waals surface area (Å²) in [6.45, 7) is 3.55. The van der Waals surface area contributed by atoms with Crippen LogP contribution in [0.4, 0.5) is 11.5 Å². The van der Waals surface area contributed by atoms with Crippen LogP contribution in [0.15, 0.2) is 54.9 Å². The van der Waals surface area contributed by atoms with E-state index in [0.29, 0.717) is 31.3 Å². The maximum Gasteiger partial charge on any atom is 0.271 e. The Labute approximate surface area is 162 Å². The van der Waals surface area contributed by atoms with Gasteiger partial charge in [0.05, 0.1) is 12.4 Å². The van der Waals surface area contributed by atoms with Crippen molar-refractivity contribution >= 4 is 17.4 Å². The zero-order valence-electron chi connectivity index (χ0n) is 15.4. The number of ether oxygens (including phenoxy) is 2. The van der Waals surface area contributed by atoms with Crippen molar-refractivity contribution in [3.05, 3.63) is 71.7 Å². The molecular weight excluding hydrogens is 356 g/mol. The maximum atomic E-state index is 12.3. The molecule has 7 heteroatoms. The molecule has 3 aromatic rings. The third-order valence-electron chi connectivity index (χ3n) is 4.40. The minimum atomic E-state index is -0.262. The first kappa shape index (κ1) is 17.8. The van der Waals surface area contributed by atoms with Gasteiger partial charge in [-0.25, -0.2) is 9.97 Å². The second kappa shape index (κ2) is 7.96. The summed E-state index contributed by atoms with van der Waals surface area (Å²) in [5.74, 6) is 1.69. The van der Waals surface area contributed by atoms with Gasteiger partial charge >= 0.3 is 0 Å². The quantitative estimate of drug-likeness (QED) is 0.711. The molecule has 0 saturated heterocycles. The second-order valence-electron chi connectivity index (χ2n) is 6.38. The number of amides is 1. The molecule has 0 saturated carbocycles. The van der Waals surface area contributed by atoms with Gasteiger partial charge in [0.15, 0.2) is 11.5 Å². The molecule has 1 amide bonds. The molecule has 142 valence electrons. The minimum absolute atomic E-state index is 0.262. The van der Waals surface area contributed by atoms with E-state index in [1.165, 1.54) is 12.4 Å². The van der Waals surface area contributed by atoms with Crippen molar-refractivity contribution in [2.75, 3.05) is 18.5 Å². The molecule has 4 rings (SSSR count). The second-order valence-corrected chi connectivity index (χ2v) is 6.38. The molecule has 1 aliphatic heterocycles. The molecule has 1 aromatic heterocycles. The molecule has 0 atom stereocenters. The maximum absolute atomic E-state index is 12.3. The highest BCUT2D eigenvalue weighted by Gasteiger charge is 2.12. The van der Waals surface area contributed by atoms with E-state index in [9.17, 15) is 4.79 Å². The zero-order valence-corrected chi connectivity index (χ0v) is 15.4. The van der Waals surface area contributed by atoms with Crippen LogP contribution in [0, 0.1) is 6.92 Å². The van der Waals surface area contributed by atoms with Crippen molar-refractivity contribution in [2.45, 2.75) is 13.5 Å². The number of benzene rings is 2. The van der Waals surface area contributed by atoms with Crippen LogP contribution >= 0.6 is 0 Å². The number of aryl methyl sites for hydroxylation is 1. The van der Waals surface area contributed by atoms with Gasteiger partial charge in [0.1, 0.15) is 24.7 Å². The largest absolute Gasteiger partial charge is 0.486 e. The van der Waals surface area contributed by atoms with Gasteiger partial charge in [0.25, 0.3) is 5.91 Å². The summed E-state index contributed by atoms with van der Waals surface area (Å²) in [6, 6.07) is 13.5. The van der Waals surface area contributed by atoms with Crippen LogP contribution in [0.5, 0.6) is 11.5 Å². The number of carbonyl (C=O) groups excluding carboxylic acids is 1. The van der Waals surface area contributed by atoms with Crippen LogP contribution in [0.25, 0.3) is 0 Å². The molecule has 0 radical (unpaired) electrons. The third-order valence-corrected chi connectivity index (χ3v) is 4.40. The van der Waals surface area contributed by atoms with Crippen LogP contribution in [0.2, 0.25) is 0 Å². The summed E-state index contributed by atoms with van der Waals surface area (Å²) in [5.41, 5.74) is 3.27. The lowest BCUT2D eigenvalue weighted by atomic mass is 10.1. The lowest BCUT2D eigenvalue weighted by Crippen LogP contribution is -2.24. The Bertz CT molecular complexity index is 989. The van der Waals surface area contributed by atoms with Gasteiger partial charge in [-0.3, -0.25) is 4.79 Å². The molecule has 0 bridgehead atoms. The van der Waals surface area contributed by atoms with Crippen LogP contribution < -0.4 is 20.1 Å². The zero-order chi connectivity index (χ0) is 19.3. The summed E-state index contributed by atoms with van der Waals surface area (Å²) in [4.78, 5) is 20.8. The standard InChI is InChI=1S/C21H20N4O3/c1-14-4-2-3-5-15(14)11-24-21(26)17-12-23-20(13-22-17)25-16-6-7-18-19(10-16)28-9-8-27-18/h2-7,10,12-13H,8-9,11H2,1H3,(H,23,25)(H,24,26). The molecule has 0 spiro atoms. The first-order chi connectivity index (χ1) is 13.7. The Morgan fingerprint density at radius 3 is 2.64 bits per heavy atom. The predicted molar refractivity (Wildman–Crippen MR) is 105 cm³/mol. The highest BCUT2D eigenvalue weighted by Crippen LogP contribution is 2.33. The summed E-state index contributed by atoms with van der Waals surface area (Å²) in [5, 5.41) is 6.01. The Balaban J connectivity index is 1.38. The number of hydrogen-bond donors (Lipinski definition) is 2. The van der Waals surface area contributed by atoms with E-state index in [2.05, 4.69) is 20.6 Å². The van der Waals surface area contributed by atoms with E-state index < -0.39 is 0 Å². The molecule has 0 fully saturated rings. The fraction of sp³-hybridized carbons (Fsp3) is 0.190. The summed E-state index contributed by atoms with van der Waals surface area (Å²) in [6.07, 6.45) is 2.98. The molecule has 2 aromatic carbocycles. The molecule has 7 nitrogen and oxygen atoms in total. The predicted octanol–water partition coefficient (Wildman–Crippen LogP) is 3.23. The van der Waals surface area contributed by atoms with Gasteiger partial charge in [-0.2, -0.15) is 0 Å². The highest BCUT2D eigenvalue weighted by atomic mass is 16.6. The lowest BCUT2D eigenvalue weighted by molar-refractivity contribution is 0.0945. The third kappa shape index (κ3) is 4.03. The summed E-state index contributed by atoms with van der Waals surface area (Å²) >= 11 is 0. The molecule has 0 aliphatic carbocycles. The minimum Gasteiger partial charge on any atom is -0.486 e. The number of rotatable bonds is 5. The van der Waals surface area contributed by atoms with Gasteiger partial charge in [-0.05, 0) is 30.2 Å². The molecule has 28 heavy (non-hydrogen) atoms. The number of nitrogens with zero attached hydrogens (tertiary/aromatic N) is 2. The lowest BCUT2D eigenvalue weighted by Gasteiger charge is -2.19. The van der Waals surface area contributed by atoms with E-state index in [4.69, 9.17) is 9.47 Å². The van der Waals surface area contributed by atoms with E-state index in [-0.39, 0.29) is 11.6 Å². The van der Waals surface area contributed by atoms with Crippen molar-refractivity contribution in [1.29, 1.82) is 0 Å². The van der Waals surface area contributed by atoms with Gasteiger partial charge < -0.3 is 20.1 Å². The van der Waals surface area contributed by atoms with E-state index in [1.807, 2.05) is 49.4 Å². The average molecular weight is 376 g/mol. The monoisotopic (exact) mass is 376 g/mol. The van der Waals surface area contributed by atoms with E-state index in [1.54, 1.807) is 0 Å². The number of hydrogen-bond acceptors (Lipinski definition) is 6. The van der Waals surface area contributed by atoms with Crippen molar-refractivity contribution < 1.29 is 14.3 Å². The summed E-state index contributed by atoms with van der Waals surface area (Å²) in [7, 11) is 0. The van der Waals surface area contributed by atoms with Crippen molar-refractivity contribution in [2.24, 2.45) is 0 Å². The van der Waals surface area contributed by atoms with Gasteiger partial charge in [-0.1, -0.05) is 24.3 Å². The number of fused-ring (bicyclic) bond motifs is 1. The van der Waals surface area contributed by atoms with Crippen LogP contribution in [-0.4, -0.2) is 29.1 Å². The number of aromatic nitrogens is 2. The summed E-state index contributed by atoms with van der Waals surface area (Å²) < 4.78 is 11.1. The average Bonchev–Trinajstić information content (AvgIpc) is 2.73. The number of nitrogens with one attached hydrogen (secondary N) is 2. The van der Waals surface area contributed by atoms with Crippen LogP contribution in [0.1, 0.15) is 21.6 Å². The van der Waals surface area contributed by atoms with Crippen LogP contribution in [0.3, 0.4) is 0 Å². The van der Waals surface area contributed by atoms with Gasteiger partial charge in [0.2, 0.25) is 0 Å². The van der Waals surface area contributed by atoms with E-state index in [0.717, 1.165) is 22.6 Å². The molecular formula is C21H20N4O3. The smallest absolute Gasteiger partial charge is 0.271 e. The fourth-order valence-corrected chi connectivity index (χ4v) is 2.85. The molecule has 2 heterocycles. The number of carbonyl (C=O) groups is 1. The van der Waals surface area contributed by atoms with E-state index >= 15 is 0 Å². The molecule has 0 unspecified atom stereocenters. The Morgan fingerprint density at radius 1 is 1.04 bits per heavy atom. The first-order valence-corrected chi connectivity index (χ1v) is 9.00. The first-order valence-electron chi connectivity index (χ1n) is 9.00. The van der Waals surface area contributed by atoms with Crippen molar-refractivity contribution in [3.63, 3.8) is 0 Å². The Hall–Kier alpha value is -3.61. The van der Waals surface area contributed by atoms with Crippen molar-refractivity contribution in [1.82, 2.24) is 15.3 Å². The molecule has 2 N–H and O–H groups in total. The van der Waals surface area contributed by atoms with Crippen molar-refractivity contribution in [3.8, 4) is 11.5 Å². The topological polar surface area (TPSA) is 85.4 Å². The van der Waals surface area contributed by atoms with Gasteiger partial charge in [0, 0.05) is 18.3 Å². The van der Waals surface area contributed by atoms with Gasteiger partial charge in [-0.15, -0.1) is 0 Å². The molecule has 1 aliphatic rings. The SMILES string of the molecule is Cc1ccccc1CNC(=O)c1cnc(Nc2ccc3c(c2)OCCO3)cn1. The fourth-order valence-electron chi connectivity index (χ4n) is 2.85. The van der Waals surface area contributed by atoms with Crippen LogP contribution in [-0.2, 0) is 6.54 Å². The highest BCUT2D eigenvalue weighted by molar-refractivity contribution is 5.92. The Morgan fingerprint density at radius 2 is 1.86 bits per heavy atom. The normalized spacial score (nSPS) is 12.3. The number of anilines is 2.